The zero-order valence-corrected chi connectivity index (χ0v) is 17.7. The van der Waals surface area contributed by atoms with Crippen LogP contribution < -0.4 is 10.1 Å². The Balaban J connectivity index is 1.52. The van der Waals surface area contributed by atoms with Gasteiger partial charge in [-0.2, -0.15) is 4.31 Å². The smallest absolute Gasteiger partial charge is 0.243 e. The van der Waals surface area contributed by atoms with Gasteiger partial charge < -0.3 is 10.1 Å². The van der Waals surface area contributed by atoms with Gasteiger partial charge in [0, 0.05) is 25.7 Å². The number of carbonyl (C=O) groups excluding carboxylic acids is 1. The standard InChI is InChI=1S/C22H28N2O4S/c1-17(25)23-20-7-11-22(12-8-20)29(26,27)24-15-13-19(14-16-24)4-3-18-5-9-21(28-2)10-6-18/h5-12,19H,3-4,13-16H2,1-2H3,(H,23,25). The third-order valence-corrected chi connectivity index (χ3v) is 7.30. The van der Waals surface area contributed by atoms with Crippen LogP contribution in [0.4, 0.5) is 5.69 Å². The molecule has 2 aromatic carbocycles. The molecule has 3 rings (SSSR count). The molecule has 1 heterocycles. The van der Waals surface area contributed by atoms with Gasteiger partial charge in [-0.05, 0) is 73.6 Å². The van der Waals surface area contributed by atoms with Crippen molar-refractivity contribution < 1.29 is 17.9 Å². The fraction of sp³-hybridized carbons (Fsp3) is 0.409. The molecule has 1 saturated heterocycles. The van der Waals surface area contributed by atoms with E-state index in [1.54, 1.807) is 35.7 Å². The molecule has 1 N–H and O–H groups in total. The lowest BCUT2D eigenvalue weighted by atomic mass is 9.91. The molecule has 2 aromatic rings. The Hall–Kier alpha value is -2.38. The van der Waals surface area contributed by atoms with Crippen molar-refractivity contribution in [2.45, 2.75) is 37.5 Å². The number of piperidine rings is 1. The molecule has 0 unspecified atom stereocenters. The van der Waals surface area contributed by atoms with Gasteiger partial charge >= 0.3 is 0 Å². The van der Waals surface area contributed by atoms with Gasteiger partial charge in [0.25, 0.3) is 0 Å². The normalized spacial score (nSPS) is 15.8. The quantitative estimate of drug-likeness (QED) is 0.747. The molecule has 0 radical (unpaired) electrons. The van der Waals surface area contributed by atoms with E-state index >= 15 is 0 Å². The summed E-state index contributed by atoms with van der Waals surface area (Å²) in [5, 5.41) is 2.65. The Labute approximate surface area is 172 Å². The second kappa shape index (κ2) is 9.41. The number of aryl methyl sites for hydroxylation is 1. The highest BCUT2D eigenvalue weighted by molar-refractivity contribution is 7.89. The molecule has 156 valence electrons. The summed E-state index contributed by atoms with van der Waals surface area (Å²) in [4.78, 5) is 11.4. The molecule has 0 bridgehead atoms. The first kappa shape index (κ1) is 21.3. The predicted molar refractivity (Wildman–Crippen MR) is 114 cm³/mol. The minimum atomic E-state index is -3.50. The molecule has 0 atom stereocenters. The number of sulfonamides is 1. The van der Waals surface area contributed by atoms with Gasteiger partial charge in [0.1, 0.15) is 5.75 Å². The van der Waals surface area contributed by atoms with Crippen LogP contribution in [-0.2, 0) is 21.2 Å². The fourth-order valence-electron chi connectivity index (χ4n) is 3.66. The highest BCUT2D eigenvalue weighted by atomic mass is 32.2. The topological polar surface area (TPSA) is 75.7 Å². The first-order chi connectivity index (χ1) is 13.9. The van der Waals surface area contributed by atoms with Crippen molar-refractivity contribution in [3.63, 3.8) is 0 Å². The molecule has 0 aliphatic carbocycles. The molecule has 7 heteroatoms. The predicted octanol–water partition coefficient (Wildman–Crippen LogP) is 3.69. The van der Waals surface area contributed by atoms with E-state index in [4.69, 9.17) is 4.74 Å². The Morgan fingerprint density at radius 2 is 1.69 bits per heavy atom. The number of carbonyl (C=O) groups is 1. The zero-order valence-electron chi connectivity index (χ0n) is 16.9. The van der Waals surface area contributed by atoms with E-state index in [1.165, 1.54) is 12.5 Å². The molecule has 1 aliphatic heterocycles. The lowest BCUT2D eigenvalue weighted by Crippen LogP contribution is -2.38. The zero-order chi connectivity index (χ0) is 20.9. The Kier molecular flexibility index (Phi) is 6.92. The highest BCUT2D eigenvalue weighted by Crippen LogP contribution is 2.27. The molecule has 6 nitrogen and oxygen atoms in total. The summed E-state index contributed by atoms with van der Waals surface area (Å²) in [7, 11) is -1.84. The van der Waals surface area contributed by atoms with E-state index < -0.39 is 10.0 Å². The third-order valence-electron chi connectivity index (χ3n) is 5.39. The van der Waals surface area contributed by atoms with Crippen LogP contribution in [-0.4, -0.2) is 38.8 Å². The van der Waals surface area contributed by atoms with E-state index in [-0.39, 0.29) is 10.8 Å². The van der Waals surface area contributed by atoms with Gasteiger partial charge in [-0.1, -0.05) is 12.1 Å². The summed E-state index contributed by atoms with van der Waals surface area (Å²) < 4.78 is 32.5. The summed E-state index contributed by atoms with van der Waals surface area (Å²) in [6, 6.07) is 14.5. The van der Waals surface area contributed by atoms with Crippen LogP contribution in [0, 0.1) is 5.92 Å². The van der Waals surface area contributed by atoms with Crippen molar-refractivity contribution in [3.05, 3.63) is 54.1 Å². The van der Waals surface area contributed by atoms with Crippen LogP contribution in [0.1, 0.15) is 31.7 Å². The van der Waals surface area contributed by atoms with Gasteiger partial charge in [0.15, 0.2) is 0 Å². The SMILES string of the molecule is COc1ccc(CCC2CCN(S(=O)(=O)c3ccc(NC(C)=O)cc3)CC2)cc1. The molecule has 0 spiro atoms. The van der Waals surface area contributed by atoms with E-state index in [0.717, 1.165) is 31.4 Å². The number of anilines is 1. The van der Waals surface area contributed by atoms with E-state index in [2.05, 4.69) is 17.4 Å². The number of rotatable bonds is 7. The van der Waals surface area contributed by atoms with Crippen molar-refractivity contribution >= 4 is 21.6 Å². The number of nitrogens with zero attached hydrogens (tertiary/aromatic N) is 1. The summed E-state index contributed by atoms with van der Waals surface area (Å²) in [6.45, 7) is 2.51. The summed E-state index contributed by atoms with van der Waals surface area (Å²) in [5.41, 5.74) is 1.87. The number of hydrogen-bond donors (Lipinski definition) is 1. The third kappa shape index (κ3) is 5.58. The maximum absolute atomic E-state index is 12.9. The summed E-state index contributed by atoms with van der Waals surface area (Å²) in [5.74, 6) is 1.21. The van der Waals surface area contributed by atoms with Crippen LogP contribution >= 0.6 is 0 Å². The van der Waals surface area contributed by atoms with E-state index in [0.29, 0.717) is 24.7 Å². The molecule has 29 heavy (non-hydrogen) atoms. The molecule has 1 aliphatic rings. The molecule has 1 amide bonds. The average molecular weight is 417 g/mol. The lowest BCUT2D eigenvalue weighted by Gasteiger charge is -2.31. The van der Waals surface area contributed by atoms with Gasteiger partial charge in [-0.25, -0.2) is 8.42 Å². The van der Waals surface area contributed by atoms with E-state index in [9.17, 15) is 13.2 Å². The van der Waals surface area contributed by atoms with Crippen molar-refractivity contribution in [2.24, 2.45) is 5.92 Å². The number of benzene rings is 2. The maximum Gasteiger partial charge on any atom is 0.243 e. The van der Waals surface area contributed by atoms with Crippen LogP contribution in [0.25, 0.3) is 0 Å². The number of amides is 1. The van der Waals surface area contributed by atoms with Crippen LogP contribution in [0.5, 0.6) is 5.75 Å². The minimum absolute atomic E-state index is 0.183. The fourth-order valence-corrected chi connectivity index (χ4v) is 5.13. The average Bonchev–Trinajstić information content (AvgIpc) is 2.73. The first-order valence-electron chi connectivity index (χ1n) is 9.89. The highest BCUT2D eigenvalue weighted by Gasteiger charge is 2.29. The van der Waals surface area contributed by atoms with Crippen LogP contribution in [0.15, 0.2) is 53.4 Å². The molecule has 0 aromatic heterocycles. The van der Waals surface area contributed by atoms with Gasteiger partial charge in [-0.15, -0.1) is 0 Å². The van der Waals surface area contributed by atoms with Gasteiger partial charge in [0.2, 0.25) is 15.9 Å². The number of ether oxygens (including phenoxy) is 1. The first-order valence-corrected chi connectivity index (χ1v) is 11.3. The summed E-state index contributed by atoms with van der Waals surface area (Å²) >= 11 is 0. The Morgan fingerprint density at radius 1 is 1.07 bits per heavy atom. The van der Waals surface area contributed by atoms with Crippen molar-refractivity contribution in [1.82, 2.24) is 4.31 Å². The van der Waals surface area contributed by atoms with Crippen LogP contribution in [0.3, 0.4) is 0 Å². The molecular weight excluding hydrogens is 388 g/mol. The van der Waals surface area contributed by atoms with Crippen molar-refractivity contribution in [1.29, 1.82) is 0 Å². The molecule has 0 saturated carbocycles. The van der Waals surface area contributed by atoms with Crippen molar-refractivity contribution in [2.75, 3.05) is 25.5 Å². The Bertz CT molecular complexity index is 916. The molecular formula is C22H28N2O4S. The largest absolute Gasteiger partial charge is 0.497 e. The van der Waals surface area contributed by atoms with Gasteiger partial charge in [0.05, 0.1) is 12.0 Å². The second-order valence-electron chi connectivity index (χ2n) is 7.44. The van der Waals surface area contributed by atoms with Gasteiger partial charge in [-0.3, -0.25) is 4.79 Å². The molecule has 1 fully saturated rings. The maximum atomic E-state index is 12.9. The Morgan fingerprint density at radius 3 is 2.24 bits per heavy atom. The number of nitrogens with one attached hydrogen (secondary N) is 1. The summed E-state index contributed by atoms with van der Waals surface area (Å²) in [6.07, 6.45) is 3.80. The van der Waals surface area contributed by atoms with Crippen molar-refractivity contribution in [3.8, 4) is 5.75 Å². The number of methoxy groups -OCH3 is 1. The lowest BCUT2D eigenvalue weighted by molar-refractivity contribution is -0.114. The number of hydrogen-bond acceptors (Lipinski definition) is 4. The van der Waals surface area contributed by atoms with E-state index in [1.807, 2.05) is 12.1 Å². The van der Waals surface area contributed by atoms with Crippen LogP contribution in [0.2, 0.25) is 0 Å². The second-order valence-corrected chi connectivity index (χ2v) is 9.38. The monoisotopic (exact) mass is 416 g/mol. The minimum Gasteiger partial charge on any atom is -0.497 e.